The predicted molar refractivity (Wildman–Crippen MR) is 74.4 cm³/mol. The predicted octanol–water partition coefficient (Wildman–Crippen LogP) is 1.48. The molecule has 0 saturated carbocycles. The second-order valence-corrected chi connectivity index (χ2v) is 5.30. The third-order valence-electron chi connectivity index (χ3n) is 4.06. The van der Waals surface area contributed by atoms with Crippen molar-refractivity contribution < 1.29 is 14.7 Å². The normalized spacial score (nSPS) is 22.8. The number of piperidine rings is 1. The average Bonchev–Trinajstić information content (AvgIpc) is 2.79. The topological polar surface area (TPSA) is 71.3 Å². The summed E-state index contributed by atoms with van der Waals surface area (Å²) in [4.78, 5) is 22.9. The monoisotopic (exact) mass is 272 g/mol. The van der Waals surface area contributed by atoms with Crippen LogP contribution in [0.3, 0.4) is 0 Å². The van der Waals surface area contributed by atoms with Gasteiger partial charge < -0.3 is 15.0 Å². The first kappa shape index (κ1) is 12.7. The Morgan fingerprint density at radius 2 is 2.20 bits per heavy atom. The molecule has 1 aromatic carbocycles. The van der Waals surface area contributed by atoms with Gasteiger partial charge in [-0.05, 0) is 29.1 Å². The van der Waals surface area contributed by atoms with Gasteiger partial charge in [-0.25, -0.2) is 0 Å². The Balaban J connectivity index is 2.02. The molecule has 20 heavy (non-hydrogen) atoms. The maximum absolute atomic E-state index is 11.6. The van der Waals surface area contributed by atoms with Crippen molar-refractivity contribution in [1.29, 1.82) is 0 Å². The Kier molecular flexibility index (Phi) is 2.97. The summed E-state index contributed by atoms with van der Waals surface area (Å²) in [5, 5.41) is 13.0. The number of benzene rings is 1. The number of fused-ring (bicyclic) bond motifs is 1. The van der Waals surface area contributed by atoms with E-state index >= 15 is 0 Å². The summed E-state index contributed by atoms with van der Waals surface area (Å²) in [7, 11) is 1.97. The maximum atomic E-state index is 11.6. The van der Waals surface area contributed by atoms with Gasteiger partial charge in [-0.1, -0.05) is 6.07 Å². The second-order valence-electron chi connectivity index (χ2n) is 5.30. The van der Waals surface area contributed by atoms with Crippen LogP contribution in [0.15, 0.2) is 30.5 Å². The second kappa shape index (κ2) is 4.67. The number of carboxylic acids is 1. The van der Waals surface area contributed by atoms with Crippen molar-refractivity contribution in [1.82, 2.24) is 9.88 Å². The Bertz CT molecular complexity index is 689. The van der Waals surface area contributed by atoms with Crippen LogP contribution in [0.2, 0.25) is 0 Å². The van der Waals surface area contributed by atoms with E-state index in [1.807, 2.05) is 42.1 Å². The van der Waals surface area contributed by atoms with Crippen molar-refractivity contribution in [3.05, 3.63) is 36.0 Å². The molecule has 5 heteroatoms. The SMILES string of the molecule is Cn1ccc2cc(C3CC(=O)NCC3C(=O)O)ccc21. The van der Waals surface area contributed by atoms with Crippen LogP contribution in [0.25, 0.3) is 10.9 Å². The Labute approximate surface area is 116 Å². The first-order chi connectivity index (χ1) is 9.56. The molecular weight excluding hydrogens is 256 g/mol. The number of nitrogens with one attached hydrogen (secondary N) is 1. The van der Waals surface area contributed by atoms with Crippen LogP contribution >= 0.6 is 0 Å². The lowest BCUT2D eigenvalue weighted by molar-refractivity contribution is -0.144. The van der Waals surface area contributed by atoms with E-state index in [1.165, 1.54) is 0 Å². The number of carbonyl (C=O) groups excluding carboxylic acids is 1. The van der Waals surface area contributed by atoms with Crippen molar-refractivity contribution in [2.45, 2.75) is 12.3 Å². The highest BCUT2D eigenvalue weighted by Gasteiger charge is 2.35. The van der Waals surface area contributed by atoms with Crippen LogP contribution in [0.5, 0.6) is 0 Å². The molecule has 104 valence electrons. The van der Waals surface area contributed by atoms with Crippen LogP contribution in [-0.4, -0.2) is 28.1 Å². The summed E-state index contributed by atoms with van der Waals surface area (Å²) >= 11 is 0. The van der Waals surface area contributed by atoms with Gasteiger partial charge in [0.25, 0.3) is 0 Å². The molecule has 2 unspecified atom stereocenters. The number of nitrogens with zero attached hydrogens (tertiary/aromatic N) is 1. The maximum Gasteiger partial charge on any atom is 0.308 e. The van der Waals surface area contributed by atoms with Crippen molar-refractivity contribution in [2.24, 2.45) is 13.0 Å². The molecule has 5 nitrogen and oxygen atoms in total. The van der Waals surface area contributed by atoms with Crippen LogP contribution in [0.4, 0.5) is 0 Å². The summed E-state index contributed by atoms with van der Waals surface area (Å²) in [5.41, 5.74) is 2.02. The Morgan fingerprint density at radius 3 is 2.95 bits per heavy atom. The fourth-order valence-corrected chi connectivity index (χ4v) is 2.92. The first-order valence-corrected chi connectivity index (χ1v) is 6.61. The molecule has 1 aliphatic rings. The molecule has 0 radical (unpaired) electrons. The van der Waals surface area contributed by atoms with Crippen LogP contribution in [0, 0.1) is 5.92 Å². The van der Waals surface area contributed by atoms with Crippen molar-refractivity contribution in [3.63, 3.8) is 0 Å². The summed E-state index contributed by atoms with van der Waals surface area (Å²) in [6.07, 6.45) is 2.20. The van der Waals surface area contributed by atoms with E-state index in [0.717, 1.165) is 16.5 Å². The molecule has 1 aliphatic heterocycles. The number of rotatable bonds is 2. The minimum Gasteiger partial charge on any atom is -0.481 e. The van der Waals surface area contributed by atoms with Crippen LogP contribution in [-0.2, 0) is 16.6 Å². The molecule has 1 fully saturated rings. The Hall–Kier alpha value is -2.30. The minimum absolute atomic E-state index is 0.0827. The van der Waals surface area contributed by atoms with E-state index in [2.05, 4.69) is 5.32 Å². The third kappa shape index (κ3) is 2.05. The van der Waals surface area contributed by atoms with Gasteiger partial charge in [-0.2, -0.15) is 0 Å². The van der Waals surface area contributed by atoms with Gasteiger partial charge in [0, 0.05) is 37.6 Å². The van der Waals surface area contributed by atoms with E-state index < -0.39 is 11.9 Å². The van der Waals surface area contributed by atoms with Crippen molar-refractivity contribution in [2.75, 3.05) is 6.54 Å². The standard InChI is InChI=1S/C15H16N2O3/c1-17-5-4-10-6-9(2-3-13(10)17)11-7-14(18)16-8-12(11)15(19)20/h2-6,11-12H,7-8H2,1H3,(H,16,18)(H,19,20). The molecule has 2 heterocycles. The van der Waals surface area contributed by atoms with Gasteiger partial charge in [0.1, 0.15) is 0 Å². The number of aliphatic carboxylic acids is 1. The molecule has 2 N–H and O–H groups in total. The highest BCUT2D eigenvalue weighted by atomic mass is 16.4. The molecule has 2 aromatic rings. The zero-order chi connectivity index (χ0) is 14.3. The van der Waals surface area contributed by atoms with E-state index in [1.54, 1.807) is 0 Å². The zero-order valence-electron chi connectivity index (χ0n) is 11.2. The number of carboxylic acid groups (broad SMARTS) is 1. The zero-order valence-corrected chi connectivity index (χ0v) is 11.2. The fraction of sp³-hybridized carbons (Fsp3) is 0.333. The van der Waals surface area contributed by atoms with Crippen molar-refractivity contribution in [3.8, 4) is 0 Å². The lowest BCUT2D eigenvalue weighted by atomic mass is 9.80. The smallest absolute Gasteiger partial charge is 0.308 e. The highest BCUT2D eigenvalue weighted by Crippen LogP contribution is 2.32. The Morgan fingerprint density at radius 1 is 1.40 bits per heavy atom. The highest BCUT2D eigenvalue weighted by molar-refractivity contribution is 5.84. The van der Waals surface area contributed by atoms with Crippen LogP contribution < -0.4 is 5.32 Å². The molecule has 3 rings (SSSR count). The number of carbonyl (C=O) groups is 2. The number of hydrogen-bond acceptors (Lipinski definition) is 2. The number of aryl methyl sites for hydroxylation is 1. The fourth-order valence-electron chi connectivity index (χ4n) is 2.92. The van der Waals surface area contributed by atoms with Gasteiger partial charge in [0.15, 0.2) is 0 Å². The van der Waals surface area contributed by atoms with Gasteiger partial charge in [0.2, 0.25) is 5.91 Å². The first-order valence-electron chi connectivity index (χ1n) is 6.61. The van der Waals surface area contributed by atoms with E-state index in [4.69, 9.17) is 0 Å². The van der Waals surface area contributed by atoms with Crippen LogP contribution in [0.1, 0.15) is 17.9 Å². The molecule has 0 spiro atoms. The molecule has 1 aromatic heterocycles. The number of aromatic nitrogens is 1. The molecule has 1 saturated heterocycles. The van der Waals surface area contributed by atoms with E-state index in [0.29, 0.717) is 0 Å². The summed E-state index contributed by atoms with van der Waals surface area (Å²) in [6, 6.07) is 7.91. The van der Waals surface area contributed by atoms with Crippen molar-refractivity contribution >= 4 is 22.8 Å². The minimum atomic E-state index is -0.858. The molecule has 0 aliphatic carbocycles. The third-order valence-corrected chi connectivity index (χ3v) is 4.06. The number of amides is 1. The molecule has 0 bridgehead atoms. The van der Waals surface area contributed by atoms with Gasteiger partial charge in [-0.15, -0.1) is 0 Å². The largest absolute Gasteiger partial charge is 0.481 e. The van der Waals surface area contributed by atoms with Gasteiger partial charge in [0.05, 0.1) is 5.92 Å². The lowest BCUT2D eigenvalue weighted by Gasteiger charge is -2.29. The summed E-state index contributed by atoms with van der Waals surface area (Å²) in [5.74, 6) is -1.76. The van der Waals surface area contributed by atoms with E-state index in [9.17, 15) is 14.7 Å². The van der Waals surface area contributed by atoms with Gasteiger partial charge in [-0.3, -0.25) is 9.59 Å². The number of hydrogen-bond donors (Lipinski definition) is 2. The average molecular weight is 272 g/mol. The molecule has 2 atom stereocenters. The lowest BCUT2D eigenvalue weighted by Crippen LogP contribution is -2.43. The van der Waals surface area contributed by atoms with Gasteiger partial charge >= 0.3 is 5.97 Å². The molecule has 1 amide bonds. The summed E-state index contributed by atoms with van der Waals surface area (Å²) in [6.45, 7) is 0.200. The summed E-state index contributed by atoms with van der Waals surface area (Å²) < 4.78 is 2.02. The quantitative estimate of drug-likeness (QED) is 0.870. The van der Waals surface area contributed by atoms with E-state index in [-0.39, 0.29) is 24.8 Å². The molecular formula is C15H16N2O3.